The molecule has 0 spiro atoms. The highest BCUT2D eigenvalue weighted by Gasteiger charge is 2.11. The van der Waals surface area contributed by atoms with E-state index in [2.05, 4.69) is 16.2 Å². The molecular weight excluding hydrogens is 305 g/mol. The minimum atomic E-state index is -0.380. The summed E-state index contributed by atoms with van der Waals surface area (Å²) < 4.78 is 21.7. The van der Waals surface area contributed by atoms with E-state index in [1.54, 1.807) is 23.0 Å². The van der Waals surface area contributed by atoms with Gasteiger partial charge in [0, 0.05) is 25.1 Å². The second kappa shape index (κ2) is 5.92. The molecule has 4 rings (SSSR count). The molecule has 0 fully saturated rings. The van der Waals surface area contributed by atoms with Crippen LogP contribution in [0.2, 0.25) is 0 Å². The van der Waals surface area contributed by atoms with E-state index in [1.807, 2.05) is 31.5 Å². The van der Waals surface area contributed by atoms with Crippen molar-refractivity contribution in [3.8, 4) is 11.5 Å². The summed E-state index contributed by atoms with van der Waals surface area (Å²) >= 11 is 0. The van der Waals surface area contributed by atoms with Crippen molar-refractivity contribution in [2.75, 3.05) is 6.54 Å². The summed E-state index contributed by atoms with van der Waals surface area (Å²) in [4.78, 5) is 4.18. The molecule has 24 heavy (non-hydrogen) atoms. The Balaban J connectivity index is 1.66. The van der Waals surface area contributed by atoms with E-state index in [-0.39, 0.29) is 11.6 Å². The fraction of sp³-hybridized carbons (Fsp3) is 0.158. The molecule has 0 saturated heterocycles. The summed E-state index contributed by atoms with van der Waals surface area (Å²) in [6.07, 6.45) is 6.46. The largest absolute Gasteiger partial charge is 0.454 e. The van der Waals surface area contributed by atoms with Crippen molar-refractivity contribution >= 4 is 22.7 Å². The summed E-state index contributed by atoms with van der Waals surface area (Å²) in [5.74, 6) is 0.431. The highest BCUT2D eigenvalue weighted by Crippen LogP contribution is 2.31. The molecule has 0 radical (unpaired) electrons. The maximum absolute atomic E-state index is 14.2. The fourth-order valence-corrected chi connectivity index (χ4v) is 2.83. The zero-order chi connectivity index (χ0) is 16.5. The van der Waals surface area contributed by atoms with Gasteiger partial charge in [-0.2, -0.15) is 5.10 Å². The number of nitrogens with zero attached hydrogens (tertiary/aromatic N) is 3. The van der Waals surface area contributed by atoms with E-state index < -0.39 is 0 Å². The topological polar surface area (TPSA) is 39.4 Å². The molecule has 3 aromatic rings. The number of benzene rings is 2. The van der Waals surface area contributed by atoms with Crippen LogP contribution in [0.15, 0.2) is 53.7 Å². The number of hydrogen-bond acceptors (Lipinski definition) is 3. The zero-order valence-electron chi connectivity index (χ0n) is 13.2. The summed E-state index contributed by atoms with van der Waals surface area (Å²) in [6, 6.07) is 10.6. The molecule has 0 atom stereocenters. The van der Waals surface area contributed by atoms with Gasteiger partial charge >= 0.3 is 0 Å². The zero-order valence-corrected chi connectivity index (χ0v) is 13.2. The third-order valence-corrected chi connectivity index (χ3v) is 4.13. The molecule has 2 heterocycles. The van der Waals surface area contributed by atoms with Crippen molar-refractivity contribution in [3.05, 3.63) is 60.1 Å². The van der Waals surface area contributed by atoms with E-state index in [9.17, 15) is 4.39 Å². The Morgan fingerprint density at radius 3 is 2.92 bits per heavy atom. The number of rotatable bonds is 3. The van der Waals surface area contributed by atoms with Crippen molar-refractivity contribution < 1.29 is 9.13 Å². The number of aromatic nitrogens is 2. The number of dihydropyridines is 1. The van der Waals surface area contributed by atoms with Gasteiger partial charge in [0.25, 0.3) is 0 Å². The van der Waals surface area contributed by atoms with Gasteiger partial charge in [-0.05, 0) is 41.5 Å². The highest BCUT2D eigenvalue weighted by molar-refractivity contribution is 5.82. The Labute approximate surface area is 138 Å². The predicted octanol–water partition coefficient (Wildman–Crippen LogP) is 4.36. The van der Waals surface area contributed by atoms with Crippen molar-refractivity contribution in [3.63, 3.8) is 0 Å². The molecule has 0 bridgehead atoms. The van der Waals surface area contributed by atoms with Gasteiger partial charge in [0.05, 0.1) is 18.3 Å². The molecule has 1 aliphatic rings. The van der Waals surface area contributed by atoms with Crippen LogP contribution in [0.3, 0.4) is 0 Å². The van der Waals surface area contributed by atoms with Gasteiger partial charge in [-0.15, -0.1) is 0 Å². The third kappa shape index (κ3) is 2.69. The lowest BCUT2D eigenvalue weighted by molar-refractivity contribution is 0.442. The Morgan fingerprint density at radius 1 is 1.17 bits per heavy atom. The first kappa shape index (κ1) is 14.6. The minimum Gasteiger partial charge on any atom is -0.454 e. The Morgan fingerprint density at radius 2 is 2.08 bits per heavy atom. The molecule has 0 aliphatic carbocycles. The molecule has 0 amide bonds. The molecule has 0 unspecified atom stereocenters. The molecule has 4 nitrogen and oxygen atoms in total. The van der Waals surface area contributed by atoms with Crippen molar-refractivity contribution in [1.29, 1.82) is 0 Å². The second-order valence-corrected chi connectivity index (χ2v) is 5.72. The predicted molar refractivity (Wildman–Crippen MR) is 93.1 cm³/mol. The number of aryl methyl sites for hydroxylation is 1. The molecule has 1 aromatic heterocycles. The lowest BCUT2D eigenvalue weighted by Gasteiger charge is -2.12. The monoisotopic (exact) mass is 321 g/mol. The second-order valence-electron chi connectivity index (χ2n) is 5.72. The first-order valence-electron chi connectivity index (χ1n) is 7.77. The number of halogens is 1. The Bertz CT molecular complexity index is 972. The van der Waals surface area contributed by atoms with Crippen LogP contribution in [-0.2, 0) is 7.05 Å². The van der Waals surface area contributed by atoms with Gasteiger partial charge in [-0.3, -0.25) is 9.67 Å². The lowest BCUT2D eigenvalue weighted by Crippen LogP contribution is -1.96. The summed E-state index contributed by atoms with van der Waals surface area (Å²) in [7, 11) is 1.88. The summed E-state index contributed by atoms with van der Waals surface area (Å²) in [5.41, 5.74) is 3.10. The van der Waals surface area contributed by atoms with Crippen molar-refractivity contribution in [2.45, 2.75) is 6.42 Å². The normalized spacial score (nSPS) is 14.0. The van der Waals surface area contributed by atoms with E-state index in [0.29, 0.717) is 12.3 Å². The molecule has 120 valence electrons. The van der Waals surface area contributed by atoms with Crippen LogP contribution in [0.5, 0.6) is 11.5 Å². The van der Waals surface area contributed by atoms with Gasteiger partial charge in [0.2, 0.25) is 0 Å². The van der Waals surface area contributed by atoms with Crippen molar-refractivity contribution in [2.24, 2.45) is 12.0 Å². The maximum atomic E-state index is 14.2. The number of hydrogen-bond donors (Lipinski definition) is 0. The average Bonchev–Trinajstić information content (AvgIpc) is 2.98. The van der Waals surface area contributed by atoms with Crippen LogP contribution in [0.25, 0.3) is 16.5 Å². The molecule has 0 saturated carbocycles. The Kier molecular flexibility index (Phi) is 3.61. The molecule has 0 N–H and O–H groups in total. The molecule has 2 aromatic carbocycles. The molecule has 5 heteroatoms. The van der Waals surface area contributed by atoms with Crippen LogP contribution in [0, 0.1) is 5.82 Å². The number of allylic oxidation sites excluding steroid dienone is 1. The first-order chi connectivity index (χ1) is 11.7. The van der Waals surface area contributed by atoms with Crippen LogP contribution in [-0.4, -0.2) is 22.5 Å². The van der Waals surface area contributed by atoms with E-state index in [1.165, 1.54) is 6.07 Å². The smallest absolute Gasteiger partial charge is 0.165 e. The molecular formula is C19H16FN3O. The van der Waals surface area contributed by atoms with Gasteiger partial charge in [0.1, 0.15) is 5.75 Å². The van der Waals surface area contributed by atoms with Crippen LogP contribution < -0.4 is 4.74 Å². The minimum absolute atomic E-state index is 0.221. The van der Waals surface area contributed by atoms with E-state index >= 15 is 0 Å². The van der Waals surface area contributed by atoms with Gasteiger partial charge in [-0.25, -0.2) is 4.39 Å². The van der Waals surface area contributed by atoms with Crippen molar-refractivity contribution in [1.82, 2.24) is 9.78 Å². The average molecular weight is 321 g/mol. The summed E-state index contributed by atoms with van der Waals surface area (Å²) in [5, 5.41) is 5.16. The Hall–Kier alpha value is -2.95. The lowest BCUT2D eigenvalue weighted by atomic mass is 10.0. The van der Waals surface area contributed by atoms with Gasteiger partial charge in [0.15, 0.2) is 11.6 Å². The van der Waals surface area contributed by atoms with Crippen LogP contribution >= 0.6 is 0 Å². The third-order valence-electron chi connectivity index (χ3n) is 4.13. The number of ether oxygens (including phenoxy) is 1. The summed E-state index contributed by atoms with van der Waals surface area (Å²) in [6.45, 7) is 0.667. The van der Waals surface area contributed by atoms with E-state index in [4.69, 9.17) is 4.74 Å². The first-order valence-corrected chi connectivity index (χ1v) is 7.77. The van der Waals surface area contributed by atoms with Gasteiger partial charge in [-0.1, -0.05) is 12.1 Å². The number of fused-ring (bicyclic) bond motifs is 1. The standard InChI is InChI=1S/C19H16FN3O/c1-23-18-5-3-16(10-15(18)12-22-23)24-19-11-14(2-4-17(19)20)13-6-8-21-9-7-13/h2-6,9-12H,7-8H2,1H3. The SMILES string of the molecule is Cn1ncc2cc(Oc3cc(C4=CCN=CC4)ccc3F)ccc21. The van der Waals surface area contributed by atoms with E-state index in [0.717, 1.165) is 28.5 Å². The van der Waals surface area contributed by atoms with Gasteiger partial charge < -0.3 is 4.74 Å². The maximum Gasteiger partial charge on any atom is 0.165 e. The number of aliphatic imine (C=N–C) groups is 1. The van der Waals surface area contributed by atoms with Crippen LogP contribution in [0.1, 0.15) is 12.0 Å². The fourth-order valence-electron chi connectivity index (χ4n) is 2.83. The molecule has 1 aliphatic heterocycles. The highest BCUT2D eigenvalue weighted by atomic mass is 19.1. The van der Waals surface area contributed by atoms with Crippen LogP contribution in [0.4, 0.5) is 4.39 Å². The quantitative estimate of drug-likeness (QED) is 0.719.